The Kier molecular flexibility index (Phi) is 4.95. The molecule has 0 fully saturated rings. The van der Waals surface area contributed by atoms with Gasteiger partial charge < -0.3 is 4.74 Å². The molecule has 8 nitrogen and oxygen atoms in total. The number of carbonyl (C=O) groups excluding carboxylic acids is 1. The standard InChI is InChI=1S/C10H7NO5S2.C4H8O2/c12-11-17(13,14)8-5-1-3-7-4-2-6-9(10(7)8)18(11,15)16;1-3-6-4(2)5/h1-6,12H;3H2,1-2H3. The van der Waals surface area contributed by atoms with Crippen LogP contribution in [-0.4, -0.2) is 38.5 Å². The molecule has 0 atom stereocenters. The van der Waals surface area contributed by atoms with E-state index in [2.05, 4.69) is 4.74 Å². The smallest absolute Gasteiger partial charge is 0.302 e. The molecule has 1 N–H and O–H groups in total. The summed E-state index contributed by atoms with van der Waals surface area (Å²) in [7, 11) is -8.87. The van der Waals surface area contributed by atoms with Gasteiger partial charge in [0.15, 0.2) is 0 Å². The van der Waals surface area contributed by atoms with E-state index in [0.29, 0.717) is 12.0 Å². The average Bonchev–Trinajstić information content (AvgIpc) is 2.52. The van der Waals surface area contributed by atoms with E-state index in [1.165, 1.54) is 31.2 Å². The Morgan fingerprint density at radius 1 is 1.04 bits per heavy atom. The molecule has 0 saturated carbocycles. The van der Waals surface area contributed by atoms with Crippen molar-refractivity contribution in [2.75, 3.05) is 6.61 Å². The minimum atomic E-state index is -4.43. The van der Waals surface area contributed by atoms with Crippen molar-refractivity contribution in [3.05, 3.63) is 36.4 Å². The summed E-state index contributed by atoms with van der Waals surface area (Å²) < 4.78 is 51.4. The summed E-state index contributed by atoms with van der Waals surface area (Å²) in [6.45, 7) is 3.65. The van der Waals surface area contributed by atoms with Crippen LogP contribution in [0.15, 0.2) is 46.2 Å². The Balaban J connectivity index is 0.000000301. The minimum absolute atomic E-state index is 0.116. The highest BCUT2D eigenvalue weighted by Crippen LogP contribution is 2.37. The Morgan fingerprint density at radius 3 is 1.83 bits per heavy atom. The molecule has 1 heterocycles. The SMILES string of the molecule is CCOC(C)=O.O=S1(=O)c2cccc3cccc(c23)S(=O)(=O)N1O. The van der Waals surface area contributed by atoms with Gasteiger partial charge in [0.2, 0.25) is 0 Å². The first-order valence-corrected chi connectivity index (χ1v) is 9.66. The molecule has 1 aliphatic rings. The predicted molar refractivity (Wildman–Crippen MR) is 84.3 cm³/mol. The number of esters is 1. The number of nitrogens with zero attached hydrogens (tertiary/aromatic N) is 1. The molecular formula is C14H15NO7S2. The topological polar surface area (TPSA) is 118 Å². The van der Waals surface area contributed by atoms with E-state index in [9.17, 15) is 26.8 Å². The quantitative estimate of drug-likeness (QED) is 0.752. The lowest BCUT2D eigenvalue weighted by Gasteiger charge is -2.23. The highest BCUT2D eigenvalue weighted by Gasteiger charge is 2.42. The first kappa shape index (κ1) is 18.3. The maximum atomic E-state index is 11.9. The van der Waals surface area contributed by atoms with Crippen LogP contribution in [0.5, 0.6) is 0 Å². The second kappa shape index (κ2) is 6.48. The zero-order valence-corrected chi connectivity index (χ0v) is 14.5. The van der Waals surface area contributed by atoms with Gasteiger partial charge in [-0.05, 0) is 24.4 Å². The van der Waals surface area contributed by atoms with Gasteiger partial charge in [-0.25, -0.2) is 16.8 Å². The highest BCUT2D eigenvalue weighted by molar-refractivity contribution is 8.04. The Morgan fingerprint density at radius 2 is 1.50 bits per heavy atom. The molecule has 2 aromatic rings. The lowest BCUT2D eigenvalue weighted by Crippen LogP contribution is -2.37. The van der Waals surface area contributed by atoms with Gasteiger partial charge in [-0.3, -0.25) is 10.0 Å². The molecule has 3 rings (SSSR count). The second-order valence-corrected chi connectivity index (χ2v) is 8.43. The molecule has 0 aromatic heterocycles. The second-order valence-electron chi connectivity index (χ2n) is 4.72. The van der Waals surface area contributed by atoms with Gasteiger partial charge in [0.05, 0.1) is 16.4 Å². The molecule has 0 saturated heterocycles. The van der Waals surface area contributed by atoms with Crippen molar-refractivity contribution >= 4 is 36.8 Å². The molecule has 2 aromatic carbocycles. The van der Waals surface area contributed by atoms with Crippen molar-refractivity contribution in [3.8, 4) is 0 Å². The summed E-state index contributed by atoms with van der Waals surface area (Å²) in [5.41, 5.74) is 0. The van der Waals surface area contributed by atoms with Gasteiger partial charge in [-0.1, -0.05) is 24.3 Å². The van der Waals surface area contributed by atoms with Crippen LogP contribution in [0.4, 0.5) is 0 Å². The van der Waals surface area contributed by atoms with Crippen molar-refractivity contribution in [1.82, 2.24) is 3.87 Å². The van der Waals surface area contributed by atoms with Gasteiger partial charge in [0.25, 0.3) is 20.0 Å². The number of hydrogen-bond donors (Lipinski definition) is 1. The monoisotopic (exact) mass is 373 g/mol. The molecule has 0 spiro atoms. The van der Waals surface area contributed by atoms with Crippen LogP contribution in [0, 0.1) is 0 Å². The van der Waals surface area contributed by atoms with Crippen LogP contribution in [0.1, 0.15) is 13.8 Å². The molecule has 0 bridgehead atoms. The molecule has 0 unspecified atom stereocenters. The number of ether oxygens (including phenoxy) is 1. The Bertz CT molecular complexity index is 928. The Labute approximate surface area is 139 Å². The minimum Gasteiger partial charge on any atom is -0.466 e. The molecule has 130 valence electrons. The van der Waals surface area contributed by atoms with Crippen molar-refractivity contribution < 1.29 is 31.6 Å². The van der Waals surface area contributed by atoms with Crippen LogP contribution in [0.2, 0.25) is 0 Å². The summed E-state index contributed by atoms with van der Waals surface area (Å²) >= 11 is 0. The number of benzene rings is 2. The number of carbonyl (C=O) groups is 1. The number of hydrogen-bond acceptors (Lipinski definition) is 7. The molecule has 10 heteroatoms. The van der Waals surface area contributed by atoms with E-state index in [-0.39, 0.29) is 21.1 Å². The van der Waals surface area contributed by atoms with E-state index < -0.39 is 23.9 Å². The summed E-state index contributed by atoms with van der Waals surface area (Å²) in [5.74, 6) is -0.211. The van der Waals surface area contributed by atoms with E-state index in [0.717, 1.165) is 0 Å². The van der Waals surface area contributed by atoms with E-state index in [1.54, 1.807) is 19.1 Å². The third kappa shape index (κ3) is 3.00. The van der Waals surface area contributed by atoms with Crippen LogP contribution >= 0.6 is 0 Å². The zero-order valence-electron chi connectivity index (χ0n) is 12.8. The lowest BCUT2D eigenvalue weighted by molar-refractivity contribution is -0.140. The van der Waals surface area contributed by atoms with Crippen LogP contribution in [0.25, 0.3) is 10.8 Å². The first-order chi connectivity index (χ1) is 11.1. The van der Waals surface area contributed by atoms with Crippen molar-refractivity contribution in [3.63, 3.8) is 0 Å². The highest BCUT2D eigenvalue weighted by atomic mass is 32.3. The fourth-order valence-electron chi connectivity index (χ4n) is 2.20. The summed E-state index contributed by atoms with van der Waals surface area (Å²) in [4.78, 5) is 9.39. The average molecular weight is 373 g/mol. The largest absolute Gasteiger partial charge is 0.466 e. The van der Waals surface area contributed by atoms with Crippen LogP contribution in [0.3, 0.4) is 0 Å². The Hall–Kier alpha value is -2.01. The van der Waals surface area contributed by atoms with E-state index in [4.69, 9.17) is 0 Å². The summed E-state index contributed by atoms with van der Waals surface area (Å²) in [5, 5.41) is 10.0. The van der Waals surface area contributed by atoms with Crippen LogP contribution in [-0.2, 0) is 29.6 Å². The fraction of sp³-hybridized carbons (Fsp3) is 0.214. The zero-order chi connectivity index (χ0) is 18.1. The third-order valence-electron chi connectivity index (χ3n) is 3.14. The normalized spacial score (nSPS) is 17.6. The molecule has 0 aliphatic carbocycles. The third-order valence-corrected chi connectivity index (χ3v) is 6.93. The number of rotatable bonds is 1. The molecule has 0 amide bonds. The van der Waals surface area contributed by atoms with Gasteiger partial charge >= 0.3 is 5.97 Å². The molecule has 0 radical (unpaired) electrons. The van der Waals surface area contributed by atoms with Crippen molar-refractivity contribution in [2.45, 2.75) is 23.6 Å². The number of sulfonamides is 2. The molecule has 1 aliphatic heterocycles. The van der Waals surface area contributed by atoms with Gasteiger partial charge in [0, 0.05) is 16.2 Å². The van der Waals surface area contributed by atoms with Gasteiger partial charge in [-0.2, -0.15) is 0 Å². The molecule has 24 heavy (non-hydrogen) atoms. The summed E-state index contributed by atoms with van der Waals surface area (Å²) in [6, 6.07) is 8.73. The van der Waals surface area contributed by atoms with E-state index in [1.807, 2.05) is 0 Å². The van der Waals surface area contributed by atoms with Crippen LogP contribution < -0.4 is 0 Å². The molecular weight excluding hydrogens is 358 g/mol. The maximum Gasteiger partial charge on any atom is 0.302 e. The first-order valence-electron chi connectivity index (χ1n) is 6.78. The predicted octanol–water partition coefficient (Wildman–Crippen LogP) is 1.49. The maximum absolute atomic E-state index is 11.9. The van der Waals surface area contributed by atoms with Crippen molar-refractivity contribution in [1.29, 1.82) is 0 Å². The van der Waals surface area contributed by atoms with E-state index >= 15 is 0 Å². The summed E-state index contributed by atoms with van der Waals surface area (Å²) in [6.07, 6.45) is 0. The van der Waals surface area contributed by atoms with Crippen molar-refractivity contribution in [2.24, 2.45) is 0 Å². The lowest BCUT2D eigenvalue weighted by atomic mass is 10.1. The van der Waals surface area contributed by atoms with Gasteiger partial charge in [0.1, 0.15) is 0 Å². The van der Waals surface area contributed by atoms with Gasteiger partial charge in [-0.15, -0.1) is 0 Å². The fourth-order valence-corrected chi connectivity index (χ4v) is 5.59.